The van der Waals surface area contributed by atoms with Crippen molar-refractivity contribution >= 4 is 0 Å². The van der Waals surface area contributed by atoms with Crippen molar-refractivity contribution in [2.24, 2.45) is 0 Å². The lowest BCUT2D eigenvalue weighted by atomic mass is 10.1. The Bertz CT molecular complexity index is 851. The van der Waals surface area contributed by atoms with Gasteiger partial charge in [-0.1, -0.05) is 6.07 Å². The molecule has 2 heterocycles. The van der Waals surface area contributed by atoms with Crippen LogP contribution >= 0.6 is 0 Å². The first kappa shape index (κ1) is 16.0. The molecule has 24 heavy (non-hydrogen) atoms. The third kappa shape index (κ3) is 3.37. The second-order valence-electron chi connectivity index (χ2n) is 4.97. The van der Waals surface area contributed by atoms with Gasteiger partial charge in [-0.05, 0) is 24.3 Å². The molecule has 0 atom stereocenters. The van der Waals surface area contributed by atoms with Crippen molar-refractivity contribution in [2.45, 2.75) is 13.0 Å². The summed E-state index contributed by atoms with van der Waals surface area (Å²) in [7, 11) is 1.47. The van der Waals surface area contributed by atoms with Crippen LogP contribution < -0.4 is 4.74 Å². The molecule has 124 valence electrons. The fourth-order valence-electron chi connectivity index (χ4n) is 2.20. The van der Waals surface area contributed by atoms with Crippen molar-refractivity contribution in [3.05, 3.63) is 59.8 Å². The Morgan fingerprint density at radius 3 is 2.75 bits per heavy atom. The quantitative estimate of drug-likeness (QED) is 0.717. The Labute approximate surface area is 135 Å². The third-order valence-corrected chi connectivity index (χ3v) is 3.37. The van der Waals surface area contributed by atoms with Crippen molar-refractivity contribution in [1.29, 1.82) is 0 Å². The summed E-state index contributed by atoms with van der Waals surface area (Å²) in [5.41, 5.74) is 0.980. The average Bonchev–Trinajstić information content (AvgIpc) is 3.03. The molecule has 8 heteroatoms. The fourth-order valence-corrected chi connectivity index (χ4v) is 2.20. The van der Waals surface area contributed by atoms with Crippen LogP contribution in [0, 0.1) is 5.82 Å². The van der Waals surface area contributed by atoms with E-state index in [0.717, 1.165) is 12.1 Å². The summed E-state index contributed by atoms with van der Waals surface area (Å²) in [5.74, 6) is -0.947. The van der Waals surface area contributed by atoms with Gasteiger partial charge in [-0.15, -0.1) is 0 Å². The number of alkyl halides is 2. The SMILES string of the molecule is COc1nccc(Cn2ccc(-c3ccc(C(F)F)c(F)c3)n2)n1. The van der Waals surface area contributed by atoms with Gasteiger partial charge in [-0.3, -0.25) is 4.68 Å². The van der Waals surface area contributed by atoms with Crippen molar-refractivity contribution < 1.29 is 17.9 Å². The summed E-state index contributed by atoms with van der Waals surface area (Å²) in [5, 5.41) is 4.31. The lowest BCUT2D eigenvalue weighted by molar-refractivity contribution is 0.146. The molecule has 0 fully saturated rings. The van der Waals surface area contributed by atoms with Gasteiger partial charge in [0.25, 0.3) is 6.43 Å². The Kier molecular flexibility index (Phi) is 4.45. The number of ether oxygens (including phenoxy) is 1. The van der Waals surface area contributed by atoms with E-state index in [0.29, 0.717) is 23.5 Å². The molecule has 2 aromatic heterocycles. The third-order valence-electron chi connectivity index (χ3n) is 3.37. The molecule has 0 aliphatic rings. The van der Waals surface area contributed by atoms with Gasteiger partial charge in [-0.25, -0.2) is 18.2 Å². The number of halogens is 3. The van der Waals surface area contributed by atoms with E-state index in [9.17, 15) is 13.2 Å². The van der Waals surface area contributed by atoms with Crippen LogP contribution in [0.5, 0.6) is 6.01 Å². The zero-order chi connectivity index (χ0) is 17.1. The van der Waals surface area contributed by atoms with Crippen molar-refractivity contribution in [3.8, 4) is 17.3 Å². The van der Waals surface area contributed by atoms with Crippen LogP contribution in [0.15, 0.2) is 42.7 Å². The average molecular weight is 334 g/mol. The Morgan fingerprint density at radius 2 is 2.04 bits per heavy atom. The van der Waals surface area contributed by atoms with Crippen molar-refractivity contribution in [1.82, 2.24) is 19.7 Å². The summed E-state index contributed by atoms with van der Waals surface area (Å²) in [6.45, 7) is 0.372. The summed E-state index contributed by atoms with van der Waals surface area (Å²) in [6.07, 6.45) is 0.428. The van der Waals surface area contributed by atoms with E-state index < -0.39 is 17.8 Å². The highest BCUT2D eigenvalue weighted by Gasteiger charge is 2.14. The minimum absolute atomic E-state index is 0.254. The van der Waals surface area contributed by atoms with Gasteiger partial charge in [0.1, 0.15) is 5.82 Å². The largest absolute Gasteiger partial charge is 0.467 e. The molecule has 0 saturated heterocycles. The van der Waals surface area contributed by atoms with Crippen molar-refractivity contribution in [2.75, 3.05) is 7.11 Å². The van der Waals surface area contributed by atoms with Gasteiger partial charge >= 0.3 is 6.01 Å². The number of nitrogens with zero attached hydrogens (tertiary/aromatic N) is 4. The molecule has 3 aromatic rings. The normalized spacial score (nSPS) is 11.0. The molecule has 0 unspecified atom stereocenters. The first-order chi connectivity index (χ1) is 11.6. The summed E-state index contributed by atoms with van der Waals surface area (Å²) < 4.78 is 45.4. The number of rotatable bonds is 5. The first-order valence-corrected chi connectivity index (χ1v) is 7.04. The smallest absolute Gasteiger partial charge is 0.316 e. The van der Waals surface area contributed by atoms with E-state index >= 15 is 0 Å². The first-order valence-electron chi connectivity index (χ1n) is 7.04. The highest BCUT2D eigenvalue weighted by molar-refractivity contribution is 5.59. The van der Waals surface area contributed by atoms with E-state index in [1.54, 1.807) is 29.2 Å². The Hall–Kier alpha value is -2.90. The van der Waals surface area contributed by atoms with Gasteiger partial charge in [0, 0.05) is 18.0 Å². The predicted octanol–water partition coefficient (Wildman–Crippen LogP) is 3.47. The van der Waals surface area contributed by atoms with Gasteiger partial charge < -0.3 is 4.74 Å². The molecule has 0 aliphatic carbocycles. The molecular formula is C16H13F3N4O. The molecule has 5 nitrogen and oxygen atoms in total. The van der Waals surface area contributed by atoms with Crippen LogP contribution in [0.25, 0.3) is 11.3 Å². The maximum absolute atomic E-state index is 13.7. The van der Waals surface area contributed by atoms with Crippen molar-refractivity contribution in [3.63, 3.8) is 0 Å². The standard InChI is InChI=1S/C16H13F3N4O/c1-24-16-20-6-4-11(21-16)9-23-7-5-14(22-23)10-2-3-12(15(18)19)13(17)8-10/h2-8,15H,9H2,1H3. The van der Waals surface area contributed by atoms with Crippen LogP contribution in [0.3, 0.4) is 0 Å². The van der Waals surface area contributed by atoms with E-state index in [1.807, 2.05) is 0 Å². The maximum atomic E-state index is 13.7. The van der Waals surface area contributed by atoms with Gasteiger partial charge in [0.05, 0.1) is 30.6 Å². The molecule has 3 rings (SSSR count). The van der Waals surface area contributed by atoms with Gasteiger partial charge in [0.2, 0.25) is 0 Å². The number of benzene rings is 1. The predicted molar refractivity (Wildman–Crippen MR) is 80.3 cm³/mol. The summed E-state index contributed by atoms with van der Waals surface area (Å²) >= 11 is 0. The highest BCUT2D eigenvalue weighted by Crippen LogP contribution is 2.26. The topological polar surface area (TPSA) is 52.8 Å². The van der Waals surface area contributed by atoms with Gasteiger partial charge in [0.15, 0.2) is 0 Å². The maximum Gasteiger partial charge on any atom is 0.316 e. The molecular weight excluding hydrogens is 321 g/mol. The summed E-state index contributed by atoms with van der Waals surface area (Å²) in [6, 6.07) is 7.21. The van der Waals surface area contributed by atoms with Crippen LogP contribution in [-0.4, -0.2) is 26.9 Å². The minimum atomic E-state index is -2.84. The molecule has 0 aliphatic heterocycles. The Morgan fingerprint density at radius 1 is 1.21 bits per heavy atom. The van der Waals surface area contributed by atoms with E-state index in [-0.39, 0.29) is 6.01 Å². The number of methoxy groups -OCH3 is 1. The number of aromatic nitrogens is 4. The van der Waals surface area contributed by atoms with E-state index in [2.05, 4.69) is 15.1 Å². The van der Waals surface area contributed by atoms with Crippen LogP contribution in [0.1, 0.15) is 17.7 Å². The fraction of sp³-hybridized carbons (Fsp3) is 0.188. The van der Waals surface area contributed by atoms with Crippen LogP contribution in [0.4, 0.5) is 13.2 Å². The lowest BCUT2D eigenvalue weighted by Gasteiger charge is -2.04. The molecule has 0 radical (unpaired) electrons. The monoisotopic (exact) mass is 334 g/mol. The van der Waals surface area contributed by atoms with E-state index in [4.69, 9.17) is 4.74 Å². The highest BCUT2D eigenvalue weighted by atomic mass is 19.3. The minimum Gasteiger partial charge on any atom is -0.467 e. The molecule has 0 bridgehead atoms. The lowest BCUT2D eigenvalue weighted by Crippen LogP contribution is -2.04. The zero-order valence-corrected chi connectivity index (χ0v) is 12.7. The van der Waals surface area contributed by atoms with Crippen LogP contribution in [-0.2, 0) is 6.54 Å². The number of hydrogen-bond acceptors (Lipinski definition) is 4. The second-order valence-corrected chi connectivity index (χ2v) is 4.97. The second kappa shape index (κ2) is 6.69. The summed E-state index contributed by atoms with van der Waals surface area (Å²) in [4.78, 5) is 8.09. The molecule has 0 saturated carbocycles. The molecule has 0 amide bonds. The van der Waals surface area contributed by atoms with E-state index in [1.165, 1.54) is 13.2 Å². The molecule has 0 spiro atoms. The molecule has 1 aromatic carbocycles. The number of hydrogen-bond donors (Lipinski definition) is 0. The Balaban J connectivity index is 1.81. The van der Waals surface area contributed by atoms with Crippen LogP contribution in [0.2, 0.25) is 0 Å². The molecule has 0 N–H and O–H groups in total. The zero-order valence-electron chi connectivity index (χ0n) is 12.7. The van der Waals surface area contributed by atoms with Gasteiger partial charge in [-0.2, -0.15) is 10.1 Å².